The van der Waals surface area contributed by atoms with E-state index >= 15 is 0 Å². The molecule has 0 aliphatic rings. The molecule has 0 heterocycles. The van der Waals surface area contributed by atoms with Crippen molar-refractivity contribution < 1.29 is 0 Å². The highest BCUT2D eigenvalue weighted by Gasteiger charge is 2.16. The fraction of sp³-hybridized carbons (Fsp3) is 1.00. The Balaban J connectivity index is 3.99. The van der Waals surface area contributed by atoms with Gasteiger partial charge >= 0.3 is 0 Å². The van der Waals surface area contributed by atoms with Crippen molar-refractivity contribution in [3.05, 3.63) is 0 Å². The topological polar surface area (TPSA) is 0 Å². The van der Waals surface area contributed by atoms with Crippen molar-refractivity contribution in [1.29, 1.82) is 0 Å². The minimum atomic E-state index is 0.866. The first-order valence-corrected chi connectivity index (χ1v) is 8.03. The summed E-state index contributed by atoms with van der Waals surface area (Å²) in [6.07, 6.45) is 9.86. The Bertz CT molecular complexity index is 159. The summed E-state index contributed by atoms with van der Waals surface area (Å²) in [6.45, 7) is 14.2. The van der Waals surface area contributed by atoms with Gasteiger partial charge in [0.1, 0.15) is 0 Å². The predicted molar refractivity (Wildman–Crippen MR) is 80.3 cm³/mol. The van der Waals surface area contributed by atoms with Crippen LogP contribution in [-0.4, -0.2) is 0 Å². The lowest BCUT2D eigenvalue weighted by atomic mass is 9.82. The summed E-state index contributed by atoms with van der Waals surface area (Å²) in [5, 5.41) is 0. The summed E-state index contributed by atoms with van der Waals surface area (Å²) in [6, 6.07) is 0. The van der Waals surface area contributed by atoms with E-state index in [-0.39, 0.29) is 0 Å². The molecule has 0 saturated heterocycles. The summed E-state index contributed by atoms with van der Waals surface area (Å²) < 4.78 is 0. The summed E-state index contributed by atoms with van der Waals surface area (Å²) in [4.78, 5) is 0. The van der Waals surface area contributed by atoms with Gasteiger partial charge in [0.05, 0.1) is 0 Å². The molecule has 0 saturated carbocycles. The van der Waals surface area contributed by atoms with Crippen molar-refractivity contribution in [3.63, 3.8) is 0 Å². The molecule has 0 radical (unpaired) electrons. The molecule has 0 spiro atoms. The van der Waals surface area contributed by atoms with Crippen molar-refractivity contribution in [2.24, 2.45) is 23.7 Å². The van der Waals surface area contributed by atoms with Gasteiger partial charge in [-0.25, -0.2) is 0 Å². The highest BCUT2D eigenvalue weighted by atomic mass is 14.2. The monoisotopic (exact) mass is 240 g/mol. The van der Waals surface area contributed by atoms with Crippen LogP contribution in [0.3, 0.4) is 0 Å². The van der Waals surface area contributed by atoms with Gasteiger partial charge in [-0.05, 0) is 42.9 Å². The molecule has 0 amide bonds. The molecule has 3 atom stereocenters. The molecule has 3 unspecified atom stereocenters. The van der Waals surface area contributed by atoms with Crippen LogP contribution in [0.1, 0.15) is 86.5 Å². The van der Waals surface area contributed by atoms with Gasteiger partial charge in [-0.3, -0.25) is 0 Å². The Morgan fingerprint density at radius 3 is 1.65 bits per heavy atom. The first-order chi connectivity index (χ1) is 8.03. The van der Waals surface area contributed by atoms with E-state index in [1.165, 1.54) is 44.9 Å². The van der Waals surface area contributed by atoms with Crippen LogP contribution in [0.25, 0.3) is 0 Å². The maximum Gasteiger partial charge on any atom is -0.0412 e. The Labute approximate surface area is 111 Å². The molecule has 0 aliphatic heterocycles. The number of rotatable bonds is 10. The Morgan fingerprint density at radius 1 is 0.706 bits per heavy atom. The van der Waals surface area contributed by atoms with E-state index in [9.17, 15) is 0 Å². The minimum Gasteiger partial charge on any atom is -0.0654 e. The third kappa shape index (κ3) is 8.69. The van der Waals surface area contributed by atoms with Gasteiger partial charge in [-0.1, -0.05) is 67.2 Å². The normalized spacial score (nSPS) is 17.1. The van der Waals surface area contributed by atoms with Crippen LogP contribution in [0.15, 0.2) is 0 Å². The first-order valence-electron chi connectivity index (χ1n) is 8.03. The Hall–Kier alpha value is 0. The molecule has 0 aromatic carbocycles. The maximum atomic E-state index is 2.47. The molecule has 104 valence electrons. The standard InChI is InChI=1S/C17H36/c1-7-10-16(8-2)12-15(6)13-17(9-3)11-14(4)5/h14-17H,7-13H2,1-6H3. The maximum absolute atomic E-state index is 2.47. The fourth-order valence-electron chi connectivity index (χ4n) is 3.23. The Kier molecular flexibility index (Phi) is 9.97. The van der Waals surface area contributed by atoms with Crippen molar-refractivity contribution in [2.45, 2.75) is 86.5 Å². The van der Waals surface area contributed by atoms with Crippen LogP contribution in [0.2, 0.25) is 0 Å². The molecule has 0 rings (SSSR count). The van der Waals surface area contributed by atoms with Crippen LogP contribution in [0.5, 0.6) is 0 Å². The van der Waals surface area contributed by atoms with Crippen LogP contribution in [0, 0.1) is 23.7 Å². The van der Waals surface area contributed by atoms with Crippen LogP contribution < -0.4 is 0 Å². The summed E-state index contributed by atoms with van der Waals surface area (Å²) in [5.41, 5.74) is 0. The summed E-state index contributed by atoms with van der Waals surface area (Å²) in [5.74, 6) is 3.73. The Morgan fingerprint density at radius 2 is 1.24 bits per heavy atom. The molecular formula is C17H36. The molecule has 0 nitrogen and oxygen atoms in total. The molecule has 0 aromatic heterocycles. The average Bonchev–Trinajstić information content (AvgIpc) is 2.26. The third-order valence-electron chi connectivity index (χ3n) is 4.13. The van der Waals surface area contributed by atoms with Crippen molar-refractivity contribution >= 4 is 0 Å². The van der Waals surface area contributed by atoms with Gasteiger partial charge in [0.15, 0.2) is 0 Å². The molecule has 0 fully saturated rings. The zero-order valence-corrected chi connectivity index (χ0v) is 13.3. The van der Waals surface area contributed by atoms with Crippen molar-refractivity contribution in [3.8, 4) is 0 Å². The van der Waals surface area contributed by atoms with E-state index in [2.05, 4.69) is 41.5 Å². The molecule has 0 aromatic rings. The third-order valence-corrected chi connectivity index (χ3v) is 4.13. The van der Waals surface area contributed by atoms with Crippen LogP contribution >= 0.6 is 0 Å². The molecule has 0 N–H and O–H groups in total. The molecule has 0 aliphatic carbocycles. The minimum absolute atomic E-state index is 0.866. The highest BCUT2D eigenvalue weighted by molar-refractivity contribution is 4.68. The second kappa shape index (κ2) is 9.97. The second-order valence-electron chi connectivity index (χ2n) is 6.54. The van der Waals surface area contributed by atoms with Gasteiger partial charge in [0.2, 0.25) is 0 Å². The van der Waals surface area contributed by atoms with E-state index in [0.717, 1.165) is 23.7 Å². The van der Waals surface area contributed by atoms with Gasteiger partial charge in [-0.2, -0.15) is 0 Å². The quantitative estimate of drug-likeness (QED) is 0.420. The van der Waals surface area contributed by atoms with Gasteiger partial charge in [-0.15, -0.1) is 0 Å². The van der Waals surface area contributed by atoms with Gasteiger partial charge in [0, 0.05) is 0 Å². The average molecular weight is 240 g/mol. The molecule has 0 bridgehead atoms. The molecule has 17 heavy (non-hydrogen) atoms. The fourth-order valence-corrected chi connectivity index (χ4v) is 3.23. The van der Waals surface area contributed by atoms with Crippen molar-refractivity contribution in [2.75, 3.05) is 0 Å². The summed E-state index contributed by atoms with van der Waals surface area (Å²) in [7, 11) is 0. The number of hydrogen-bond acceptors (Lipinski definition) is 0. The van der Waals surface area contributed by atoms with E-state index in [4.69, 9.17) is 0 Å². The largest absolute Gasteiger partial charge is 0.0654 e. The zero-order valence-electron chi connectivity index (χ0n) is 13.3. The molecule has 0 heteroatoms. The van der Waals surface area contributed by atoms with Crippen LogP contribution in [0.4, 0.5) is 0 Å². The lowest BCUT2D eigenvalue weighted by Gasteiger charge is -2.24. The zero-order chi connectivity index (χ0) is 13.3. The lowest BCUT2D eigenvalue weighted by molar-refractivity contribution is 0.276. The van der Waals surface area contributed by atoms with E-state index in [0.29, 0.717) is 0 Å². The lowest BCUT2D eigenvalue weighted by Crippen LogP contribution is -2.12. The van der Waals surface area contributed by atoms with Gasteiger partial charge < -0.3 is 0 Å². The molecular weight excluding hydrogens is 204 g/mol. The smallest absolute Gasteiger partial charge is 0.0412 e. The second-order valence-corrected chi connectivity index (χ2v) is 6.54. The summed E-state index contributed by atoms with van der Waals surface area (Å²) >= 11 is 0. The number of hydrogen-bond donors (Lipinski definition) is 0. The van der Waals surface area contributed by atoms with Gasteiger partial charge in [0.25, 0.3) is 0 Å². The SMILES string of the molecule is CCCC(CC)CC(C)CC(CC)CC(C)C. The first kappa shape index (κ1) is 17.0. The highest BCUT2D eigenvalue weighted by Crippen LogP contribution is 2.28. The van der Waals surface area contributed by atoms with E-state index in [1.54, 1.807) is 0 Å². The van der Waals surface area contributed by atoms with Crippen LogP contribution in [-0.2, 0) is 0 Å². The predicted octanol–water partition coefficient (Wildman–Crippen LogP) is 6.30. The van der Waals surface area contributed by atoms with E-state index < -0.39 is 0 Å². The van der Waals surface area contributed by atoms with E-state index in [1.807, 2.05) is 0 Å². The van der Waals surface area contributed by atoms with Crippen molar-refractivity contribution in [1.82, 2.24) is 0 Å².